The van der Waals surface area contributed by atoms with Crippen molar-refractivity contribution in [1.82, 2.24) is 15.4 Å². The lowest BCUT2D eigenvalue weighted by Gasteiger charge is -2.10. The van der Waals surface area contributed by atoms with Gasteiger partial charge < -0.3 is 10.6 Å². The summed E-state index contributed by atoms with van der Waals surface area (Å²) in [7, 11) is -3.16. The predicted octanol–water partition coefficient (Wildman–Crippen LogP) is -0.394. The second-order valence-electron chi connectivity index (χ2n) is 4.35. The molecule has 0 aromatic rings. The number of amides is 1. The lowest BCUT2D eigenvalue weighted by Crippen LogP contribution is -2.34. The highest BCUT2D eigenvalue weighted by Gasteiger charge is 2.14. The van der Waals surface area contributed by atoms with Gasteiger partial charge in [-0.2, -0.15) is 0 Å². The number of rotatable bonds is 7. The van der Waals surface area contributed by atoms with Crippen LogP contribution < -0.4 is 15.4 Å². The molecule has 1 aliphatic heterocycles. The van der Waals surface area contributed by atoms with E-state index in [0.29, 0.717) is 19.0 Å². The Morgan fingerprint density at radius 3 is 2.67 bits per heavy atom. The zero-order chi connectivity index (χ0) is 12.7. The van der Waals surface area contributed by atoms with Gasteiger partial charge in [-0.15, -0.1) is 12.4 Å². The molecule has 1 heterocycles. The Morgan fingerprint density at radius 1 is 1.39 bits per heavy atom. The minimum Gasteiger partial charge on any atom is -0.355 e. The van der Waals surface area contributed by atoms with Gasteiger partial charge in [-0.3, -0.25) is 4.79 Å². The molecule has 1 fully saturated rings. The van der Waals surface area contributed by atoms with Crippen molar-refractivity contribution in [2.75, 3.05) is 25.9 Å². The maximum Gasteiger partial charge on any atom is 0.220 e. The summed E-state index contributed by atoms with van der Waals surface area (Å²) in [6, 6.07) is 0.467. The highest BCUT2D eigenvalue weighted by molar-refractivity contribution is 7.88. The van der Waals surface area contributed by atoms with Gasteiger partial charge in [0.05, 0.1) is 6.26 Å². The zero-order valence-electron chi connectivity index (χ0n) is 10.6. The first-order valence-electron chi connectivity index (χ1n) is 5.92. The molecular formula is C10H22ClN3O3S. The first kappa shape index (κ1) is 17.6. The lowest BCUT2D eigenvalue weighted by atomic mass is 10.1. The molecule has 8 heteroatoms. The SMILES string of the molecule is CS(=O)(=O)NCCNC(=O)CCC1CCCN1.Cl. The molecule has 0 saturated carbocycles. The molecule has 1 rings (SSSR count). The van der Waals surface area contributed by atoms with Crippen LogP contribution in [-0.2, 0) is 14.8 Å². The van der Waals surface area contributed by atoms with E-state index in [0.717, 1.165) is 25.6 Å². The fraction of sp³-hybridized carbons (Fsp3) is 0.900. The number of carbonyl (C=O) groups excluding carboxylic acids is 1. The van der Waals surface area contributed by atoms with Crippen LogP contribution in [0.15, 0.2) is 0 Å². The topological polar surface area (TPSA) is 87.3 Å². The summed E-state index contributed by atoms with van der Waals surface area (Å²) in [6.45, 7) is 1.63. The van der Waals surface area contributed by atoms with E-state index in [-0.39, 0.29) is 24.9 Å². The van der Waals surface area contributed by atoms with Crippen molar-refractivity contribution in [2.24, 2.45) is 0 Å². The molecule has 1 saturated heterocycles. The Labute approximate surface area is 115 Å². The van der Waals surface area contributed by atoms with Gasteiger partial charge in [-0.05, 0) is 25.8 Å². The molecule has 0 bridgehead atoms. The predicted molar refractivity (Wildman–Crippen MR) is 73.4 cm³/mol. The molecule has 6 nitrogen and oxygen atoms in total. The van der Waals surface area contributed by atoms with Crippen LogP contribution in [0.5, 0.6) is 0 Å². The van der Waals surface area contributed by atoms with Crippen molar-refractivity contribution in [3.8, 4) is 0 Å². The third-order valence-corrected chi connectivity index (χ3v) is 3.42. The molecule has 18 heavy (non-hydrogen) atoms. The molecule has 1 aliphatic rings. The summed E-state index contributed by atoms with van der Waals surface area (Å²) in [6.07, 6.45) is 4.77. The van der Waals surface area contributed by atoms with E-state index in [2.05, 4.69) is 15.4 Å². The Morgan fingerprint density at radius 2 is 2.11 bits per heavy atom. The van der Waals surface area contributed by atoms with E-state index in [1.165, 1.54) is 6.42 Å². The summed E-state index contributed by atoms with van der Waals surface area (Å²) in [5, 5.41) is 6.01. The second-order valence-corrected chi connectivity index (χ2v) is 6.18. The van der Waals surface area contributed by atoms with E-state index < -0.39 is 10.0 Å². The van der Waals surface area contributed by atoms with Crippen LogP contribution in [0.4, 0.5) is 0 Å². The minimum absolute atomic E-state index is 0. The fourth-order valence-corrected chi connectivity index (χ4v) is 2.31. The number of carbonyl (C=O) groups is 1. The third kappa shape index (κ3) is 8.68. The maximum absolute atomic E-state index is 11.4. The molecule has 108 valence electrons. The van der Waals surface area contributed by atoms with Gasteiger partial charge in [0, 0.05) is 25.6 Å². The number of hydrogen-bond acceptors (Lipinski definition) is 4. The second kappa shape index (κ2) is 8.68. The largest absolute Gasteiger partial charge is 0.355 e. The van der Waals surface area contributed by atoms with E-state index in [9.17, 15) is 13.2 Å². The van der Waals surface area contributed by atoms with Crippen LogP contribution >= 0.6 is 12.4 Å². The molecule has 3 N–H and O–H groups in total. The maximum atomic E-state index is 11.4. The number of halogens is 1. The molecule has 1 unspecified atom stereocenters. The highest BCUT2D eigenvalue weighted by Crippen LogP contribution is 2.10. The smallest absolute Gasteiger partial charge is 0.220 e. The van der Waals surface area contributed by atoms with Crippen molar-refractivity contribution in [2.45, 2.75) is 31.7 Å². The average molecular weight is 300 g/mol. The Bertz CT molecular complexity index is 342. The number of sulfonamides is 1. The normalized spacial score (nSPS) is 19.3. The quantitative estimate of drug-likeness (QED) is 0.559. The van der Waals surface area contributed by atoms with E-state index in [4.69, 9.17) is 0 Å². The van der Waals surface area contributed by atoms with Gasteiger partial charge >= 0.3 is 0 Å². The van der Waals surface area contributed by atoms with Crippen LogP contribution in [0.1, 0.15) is 25.7 Å². The minimum atomic E-state index is -3.16. The summed E-state index contributed by atoms with van der Waals surface area (Å²) in [5.74, 6) is -0.0194. The van der Waals surface area contributed by atoms with Gasteiger partial charge in [0.2, 0.25) is 15.9 Å². The monoisotopic (exact) mass is 299 g/mol. The van der Waals surface area contributed by atoms with Crippen molar-refractivity contribution in [3.63, 3.8) is 0 Å². The summed E-state index contributed by atoms with van der Waals surface area (Å²) in [4.78, 5) is 11.4. The standard InChI is InChI=1S/C10H21N3O3S.ClH/c1-17(15,16)13-8-7-12-10(14)5-4-9-3-2-6-11-9;/h9,11,13H,2-8H2,1H3,(H,12,14);1H. The summed E-state index contributed by atoms with van der Waals surface area (Å²) < 4.78 is 23.8. The fourth-order valence-electron chi connectivity index (χ4n) is 1.84. The molecule has 1 amide bonds. The first-order valence-corrected chi connectivity index (χ1v) is 7.81. The van der Waals surface area contributed by atoms with Crippen molar-refractivity contribution >= 4 is 28.3 Å². The van der Waals surface area contributed by atoms with Crippen molar-refractivity contribution in [1.29, 1.82) is 0 Å². The van der Waals surface area contributed by atoms with Crippen molar-refractivity contribution < 1.29 is 13.2 Å². The Balaban J connectivity index is 0.00000289. The molecule has 1 atom stereocenters. The molecule has 0 aromatic carbocycles. The Kier molecular flexibility index (Phi) is 8.51. The van der Waals surface area contributed by atoms with Gasteiger partial charge in [0.1, 0.15) is 0 Å². The molecule has 0 aromatic heterocycles. The third-order valence-electron chi connectivity index (χ3n) is 2.69. The average Bonchev–Trinajstić information content (AvgIpc) is 2.73. The number of hydrogen-bond donors (Lipinski definition) is 3. The van der Waals surface area contributed by atoms with Crippen LogP contribution in [0.3, 0.4) is 0 Å². The van der Waals surface area contributed by atoms with E-state index >= 15 is 0 Å². The molecular weight excluding hydrogens is 278 g/mol. The molecule has 0 aliphatic carbocycles. The first-order chi connectivity index (χ1) is 7.97. The van der Waals surface area contributed by atoms with Crippen LogP contribution in [0.25, 0.3) is 0 Å². The lowest BCUT2D eigenvalue weighted by molar-refractivity contribution is -0.121. The number of nitrogens with one attached hydrogen (secondary N) is 3. The van der Waals surface area contributed by atoms with Crippen LogP contribution in [-0.4, -0.2) is 46.3 Å². The van der Waals surface area contributed by atoms with Gasteiger partial charge in [-0.1, -0.05) is 0 Å². The zero-order valence-corrected chi connectivity index (χ0v) is 12.2. The van der Waals surface area contributed by atoms with E-state index in [1.54, 1.807) is 0 Å². The van der Waals surface area contributed by atoms with Crippen molar-refractivity contribution in [3.05, 3.63) is 0 Å². The molecule has 0 radical (unpaired) electrons. The molecule has 0 spiro atoms. The van der Waals surface area contributed by atoms with Gasteiger partial charge in [0.25, 0.3) is 0 Å². The summed E-state index contributed by atoms with van der Waals surface area (Å²) in [5.41, 5.74) is 0. The highest BCUT2D eigenvalue weighted by atomic mass is 35.5. The Hall–Kier alpha value is -0.370. The van der Waals surface area contributed by atoms with Gasteiger partial charge in [0.15, 0.2) is 0 Å². The van der Waals surface area contributed by atoms with E-state index in [1.807, 2.05) is 0 Å². The summed E-state index contributed by atoms with van der Waals surface area (Å²) >= 11 is 0. The van der Waals surface area contributed by atoms with Gasteiger partial charge in [-0.25, -0.2) is 13.1 Å². The van der Waals surface area contributed by atoms with Crippen LogP contribution in [0.2, 0.25) is 0 Å². The van der Waals surface area contributed by atoms with Crippen LogP contribution in [0, 0.1) is 0 Å².